The Morgan fingerprint density at radius 2 is 2.26 bits per heavy atom. The van der Waals surface area contributed by atoms with E-state index in [0.717, 1.165) is 5.69 Å². The summed E-state index contributed by atoms with van der Waals surface area (Å²) in [6.45, 7) is 2.08. The molecule has 0 spiro atoms. The summed E-state index contributed by atoms with van der Waals surface area (Å²) in [5.74, 6) is 0.854. The molecule has 19 heavy (non-hydrogen) atoms. The molecule has 0 aromatic carbocycles. The van der Waals surface area contributed by atoms with Gasteiger partial charge in [-0.3, -0.25) is 4.79 Å². The molecular weight excluding hydrogens is 268 g/mol. The molecule has 6 nitrogen and oxygen atoms in total. The number of rotatable bonds is 4. The number of hydrogen-bond donors (Lipinski definition) is 2. The maximum absolute atomic E-state index is 11.9. The molecule has 0 fully saturated rings. The summed E-state index contributed by atoms with van der Waals surface area (Å²) in [6, 6.07) is 3.32. The molecule has 2 heterocycles. The van der Waals surface area contributed by atoms with Gasteiger partial charge in [0.25, 0.3) is 5.91 Å². The van der Waals surface area contributed by atoms with Gasteiger partial charge in [-0.25, -0.2) is 4.98 Å². The first kappa shape index (κ1) is 13.4. The van der Waals surface area contributed by atoms with Crippen LogP contribution in [0.25, 0.3) is 0 Å². The van der Waals surface area contributed by atoms with Gasteiger partial charge >= 0.3 is 0 Å². The van der Waals surface area contributed by atoms with Crippen LogP contribution in [0.3, 0.4) is 0 Å². The average molecular weight is 281 g/mol. The predicted octanol–water partition coefficient (Wildman–Crippen LogP) is 2.00. The molecule has 0 radical (unpaired) electrons. The minimum atomic E-state index is -0.272. The van der Waals surface area contributed by atoms with Crippen molar-refractivity contribution >= 4 is 23.3 Å². The van der Waals surface area contributed by atoms with Crippen molar-refractivity contribution in [2.75, 3.05) is 12.4 Å². The van der Waals surface area contributed by atoms with E-state index in [-0.39, 0.29) is 12.5 Å². The van der Waals surface area contributed by atoms with Crippen LogP contribution in [0.2, 0.25) is 5.02 Å². The fourth-order valence-electron chi connectivity index (χ4n) is 1.52. The van der Waals surface area contributed by atoms with E-state index in [0.29, 0.717) is 22.2 Å². The quantitative estimate of drug-likeness (QED) is 0.895. The van der Waals surface area contributed by atoms with E-state index >= 15 is 0 Å². The van der Waals surface area contributed by atoms with Crippen molar-refractivity contribution in [3.8, 4) is 0 Å². The second-order valence-electron chi connectivity index (χ2n) is 3.92. The fourth-order valence-corrected chi connectivity index (χ4v) is 1.78. The van der Waals surface area contributed by atoms with Gasteiger partial charge in [0, 0.05) is 19.3 Å². The number of hydrogen-bond acceptors (Lipinski definition) is 5. The molecule has 1 amide bonds. The maximum atomic E-state index is 11.9. The molecule has 0 saturated heterocycles. The first-order chi connectivity index (χ1) is 9.10. The Kier molecular flexibility index (Phi) is 4.01. The lowest BCUT2D eigenvalue weighted by Gasteiger charge is -2.05. The molecule has 0 atom stereocenters. The summed E-state index contributed by atoms with van der Waals surface area (Å²) in [5, 5.41) is 9.66. The largest absolute Gasteiger partial charge is 0.372 e. The molecule has 0 saturated carbocycles. The second kappa shape index (κ2) is 5.71. The number of amides is 1. The molecule has 2 aromatic rings. The molecule has 2 N–H and O–H groups in total. The Morgan fingerprint density at radius 3 is 2.84 bits per heavy atom. The van der Waals surface area contributed by atoms with Crippen molar-refractivity contribution in [3.05, 3.63) is 40.4 Å². The van der Waals surface area contributed by atoms with Gasteiger partial charge < -0.3 is 15.2 Å². The third kappa shape index (κ3) is 3.23. The van der Waals surface area contributed by atoms with E-state index in [9.17, 15) is 4.79 Å². The number of carbonyl (C=O) groups is 1. The van der Waals surface area contributed by atoms with Crippen LogP contribution in [0.1, 0.15) is 21.8 Å². The molecule has 2 rings (SSSR count). The first-order valence-corrected chi connectivity index (χ1v) is 6.01. The zero-order valence-corrected chi connectivity index (χ0v) is 11.3. The van der Waals surface area contributed by atoms with Gasteiger partial charge in [0.05, 0.1) is 22.8 Å². The van der Waals surface area contributed by atoms with E-state index in [1.165, 1.54) is 6.20 Å². The first-order valence-electron chi connectivity index (χ1n) is 5.64. The zero-order valence-electron chi connectivity index (χ0n) is 10.5. The van der Waals surface area contributed by atoms with Crippen LogP contribution < -0.4 is 10.6 Å². The molecule has 0 aliphatic carbocycles. The van der Waals surface area contributed by atoms with Crippen molar-refractivity contribution in [3.63, 3.8) is 0 Å². The van der Waals surface area contributed by atoms with Crippen molar-refractivity contribution < 1.29 is 9.32 Å². The molecule has 100 valence electrons. The number of carbonyl (C=O) groups excluding carboxylic acids is 1. The zero-order chi connectivity index (χ0) is 13.8. The van der Waals surface area contributed by atoms with Gasteiger partial charge in [-0.05, 0) is 13.0 Å². The smallest absolute Gasteiger partial charge is 0.253 e. The molecular formula is C12H13ClN4O2. The van der Waals surface area contributed by atoms with Gasteiger partial charge in [-0.15, -0.1) is 0 Å². The number of anilines is 1. The highest BCUT2D eigenvalue weighted by atomic mass is 35.5. The summed E-state index contributed by atoms with van der Waals surface area (Å²) < 4.78 is 4.99. The van der Waals surface area contributed by atoms with Crippen LogP contribution in [-0.2, 0) is 6.54 Å². The van der Waals surface area contributed by atoms with Gasteiger partial charge in [-0.1, -0.05) is 16.8 Å². The van der Waals surface area contributed by atoms with Gasteiger partial charge in [-0.2, -0.15) is 0 Å². The highest BCUT2D eigenvalue weighted by molar-refractivity contribution is 6.33. The molecule has 0 bridgehead atoms. The van der Waals surface area contributed by atoms with Gasteiger partial charge in [0.1, 0.15) is 5.82 Å². The molecule has 0 aliphatic heterocycles. The molecule has 2 aromatic heterocycles. The number of nitrogens with zero attached hydrogens (tertiary/aromatic N) is 2. The van der Waals surface area contributed by atoms with E-state index in [1.807, 2.05) is 6.92 Å². The third-order valence-corrected chi connectivity index (χ3v) is 2.73. The number of pyridine rings is 1. The van der Waals surface area contributed by atoms with Crippen LogP contribution in [0.15, 0.2) is 22.9 Å². The Bertz CT molecular complexity index is 597. The minimum Gasteiger partial charge on any atom is -0.372 e. The molecule has 0 aliphatic rings. The van der Waals surface area contributed by atoms with E-state index in [1.54, 1.807) is 19.2 Å². The summed E-state index contributed by atoms with van der Waals surface area (Å²) in [7, 11) is 1.71. The van der Waals surface area contributed by atoms with Gasteiger partial charge in [0.2, 0.25) is 0 Å². The lowest BCUT2D eigenvalue weighted by atomic mass is 10.2. The number of halogens is 1. The SMILES string of the molecule is CNc1ncc(C(=O)NCc2cc(C)no2)cc1Cl. The van der Waals surface area contributed by atoms with Crippen LogP contribution >= 0.6 is 11.6 Å². The van der Waals surface area contributed by atoms with E-state index in [4.69, 9.17) is 16.1 Å². The maximum Gasteiger partial charge on any atom is 0.253 e. The Balaban J connectivity index is 2.01. The third-order valence-electron chi connectivity index (χ3n) is 2.44. The van der Waals surface area contributed by atoms with Crippen LogP contribution in [0.4, 0.5) is 5.82 Å². The highest BCUT2D eigenvalue weighted by Gasteiger charge is 2.10. The predicted molar refractivity (Wildman–Crippen MR) is 71.2 cm³/mol. The lowest BCUT2D eigenvalue weighted by molar-refractivity contribution is 0.0946. The molecule has 7 heteroatoms. The minimum absolute atomic E-state index is 0.269. The van der Waals surface area contributed by atoms with Crippen molar-refractivity contribution in [2.24, 2.45) is 0 Å². The van der Waals surface area contributed by atoms with Crippen molar-refractivity contribution in [1.82, 2.24) is 15.5 Å². The number of aromatic nitrogens is 2. The lowest BCUT2D eigenvalue weighted by Crippen LogP contribution is -2.22. The summed E-state index contributed by atoms with van der Waals surface area (Å²) in [5.41, 5.74) is 1.16. The summed E-state index contributed by atoms with van der Waals surface area (Å²) in [6.07, 6.45) is 1.46. The second-order valence-corrected chi connectivity index (χ2v) is 4.33. The van der Waals surface area contributed by atoms with Crippen molar-refractivity contribution in [1.29, 1.82) is 0 Å². The Hall–Kier alpha value is -2.08. The van der Waals surface area contributed by atoms with Crippen LogP contribution in [0, 0.1) is 6.92 Å². The normalized spacial score (nSPS) is 10.3. The average Bonchev–Trinajstić information content (AvgIpc) is 2.81. The Morgan fingerprint density at radius 1 is 1.47 bits per heavy atom. The Labute approximate surface area is 115 Å². The van der Waals surface area contributed by atoms with Crippen molar-refractivity contribution in [2.45, 2.75) is 13.5 Å². The number of nitrogens with one attached hydrogen (secondary N) is 2. The van der Waals surface area contributed by atoms with Gasteiger partial charge in [0.15, 0.2) is 5.76 Å². The monoisotopic (exact) mass is 280 g/mol. The topological polar surface area (TPSA) is 80.0 Å². The highest BCUT2D eigenvalue weighted by Crippen LogP contribution is 2.19. The van der Waals surface area contributed by atoms with Crippen LogP contribution in [-0.4, -0.2) is 23.1 Å². The molecule has 0 unspecified atom stereocenters. The fraction of sp³-hybridized carbons (Fsp3) is 0.250. The van der Waals surface area contributed by atoms with E-state index < -0.39 is 0 Å². The summed E-state index contributed by atoms with van der Waals surface area (Å²) in [4.78, 5) is 15.9. The number of aryl methyl sites for hydroxylation is 1. The van der Waals surface area contributed by atoms with E-state index in [2.05, 4.69) is 20.8 Å². The van der Waals surface area contributed by atoms with Crippen LogP contribution in [0.5, 0.6) is 0 Å². The summed E-state index contributed by atoms with van der Waals surface area (Å²) >= 11 is 5.96. The standard InChI is InChI=1S/C12H13ClN4O2/c1-7-3-9(19-17-7)6-16-12(18)8-4-10(13)11(14-2)15-5-8/h3-5H,6H2,1-2H3,(H,14,15)(H,16,18).